The number of nitrogens with one attached hydrogen (secondary N) is 1. The summed E-state index contributed by atoms with van der Waals surface area (Å²) in [5.74, 6) is 0. The second-order valence-electron chi connectivity index (χ2n) is 3.73. The van der Waals surface area contributed by atoms with Gasteiger partial charge in [0, 0.05) is 6.54 Å². The highest BCUT2D eigenvalue weighted by Gasteiger charge is 2.11. The Labute approximate surface area is 85.8 Å². The van der Waals surface area contributed by atoms with Crippen LogP contribution in [0.5, 0.6) is 0 Å². The highest BCUT2D eigenvalue weighted by atomic mass is 14.9. The van der Waals surface area contributed by atoms with Crippen LogP contribution in [0, 0.1) is 0 Å². The Kier molecular flexibility index (Phi) is 3.00. The van der Waals surface area contributed by atoms with E-state index in [0.29, 0.717) is 0 Å². The Morgan fingerprint density at radius 2 is 2.07 bits per heavy atom. The molecule has 1 saturated heterocycles. The van der Waals surface area contributed by atoms with Crippen molar-refractivity contribution in [3.63, 3.8) is 0 Å². The summed E-state index contributed by atoms with van der Waals surface area (Å²) in [5.41, 5.74) is 4.53. The van der Waals surface area contributed by atoms with Crippen LogP contribution in [0.15, 0.2) is 35.9 Å². The molecule has 0 bridgehead atoms. The van der Waals surface area contributed by atoms with Gasteiger partial charge in [0.15, 0.2) is 0 Å². The molecule has 1 aliphatic rings. The third-order valence-corrected chi connectivity index (χ3v) is 2.84. The molecule has 0 radical (unpaired) electrons. The third-order valence-electron chi connectivity index (χ3n) is 2.84. The second-order valence-corrected chi connectivity index (χ2v) is 3.73. The van der Waals surface area contributed by atoms with Gasteiger partial charge in [-0.1, -0.05) is 42.8 Å². The highest BCUT2D eigenvalue weighted by molar-refractivity contribution is 5.69. The van der Waals surface area contributed by atoms with E-state index >= 15 is 0 Å². The summed E-state index contributed by atoms with van der Waals surface area (Å²) in [4.78, 5) is 0. The Balaban J connectivity index is 2.34. The maximum Gasteiger partial charge on any atom is 0.0171 e. The summed E-state index contributed by atoms with van der Waals surface area (Å²) < 4.78 is 0. The van der Waals surface area contributed by atoms with Crippen molar-refractivity contribution in [2.45, 2.75) is 19.8 Å². The van der Waals surface area contributed by atoms with Crippen molar-refractivity contribution in [2.24, 2.45) is 0 Å². The van der Waals surface area contributed by atoms with Gasteiger partial charge in [0.05, 0.1) is 0 Å². The molecule has 1 fully saturated rings. The van der Waals surface area contributed by atoms with Gasteiger partial charge in [-0.05, 0) is 30.5 Å². The number of hydrogen-bond donors (Lipinski definition) is 1. The number of benzene rings is 1. The predicted octanol–water partition coefficient (Wildman–Crippen LogP) is 2.84. The first-order chi connectivity index (χ1) is 6.92. The summed E-state index contributed by atoms with van der Waals surface area (Å²) in [5, 5.41) is 3.40. The van der Waals surface area contributed by atoms with Gasteiger partial charge in [-0.15, -0.1) is 0 Å². The van der Waals surface area contributed by atoms with E-state index in [4.69, 9.17) is 0 Å². The summed E-state index contributed by atoms with van der Waals surface area (Å²) in [6.07, 6.45) is 2.36. The third kappa shape index (κ3) is 1.88. The van der Waals surface area contributed by atoms with Crippen molar-refractivity contribution in [1.82, 2.24) is 5.32 Å². The first kappa shape index (κ1) is 9.47. The summed E-state index contributed by atoms with van der Waals surface area (Å²) in [7, 11) is 0. The molecule has 0 unspecified atom stereocenters. The zero-order valence-corrected chi connectivity index (χ0v) is 8.72. The van der Waals surface area contributed by atoms with E-state index in [-0.39, 0.29) is 0 Å². The molecule has 1 N–H and O–H groups in total. The monoisotopic (exact) mass is 187 g/mol. The van der Waals surface area contributed by atoms with Gasteiger partial charge < -0.3 is 5.32 Å². The molecule has 2 rings (SSSR count). The number of hydrogen-bond acceptors (Lipinski definition) is 1. The van der Waals surface area contributed by atoms with Gasteiger partial charge in [-0.2, -0.15) is 0 Å². The Morgan fingerprint density at radius 1 is 1.29 bits per heavy atom. The second kappa shape index (κ2) is 4.43. The minimum Gasteiger partial charge on any atom is -0.313 e. The van der Waals surface area contributed by atoms with Gasteiger partial charge in [0.1, 0.15) is 0 Å². The molecule has 1 heterocycles. The van der Waals surface area contributed by atoms with Crippen LogP contribution in [0.1, 0.15) is 25.3 Å². The molecule has 0 aliphatic carbocycles. The van der Waals surface area contributed by atoms with Gasteiger partial charge in [-0.25, -0.2) is 0 Å². The minimum absolute atomic E-state index is 1.08. The van der Waals surface area contributed by atoms with E-state index in [1.54, 1.807) is 5.57 Å². The van der Waals surface area contributed by atoms with Gasteiger partial charge in [0.25, 0.3) is 0 Å². The topological polar surface area (TPSA) is 12.0 Å². The van der Waals surface area contributed by atoms with E-state index in [9.17, 15) is 0 Å². The van der Waals surface area contributed by atoms with Crippen molar-refractivity contribution in [3.05, 3.63) is 41.5 Å². The van der Waals surface area contributed by atoms with Crippen LogP contribution in [-0.4, -0.2) is 13.1 Å². The number of allylic oxidation sites excluding steroid dienone is 1. The van der Waals surface area contributed by atoms with Crippen LogP contribution >= 0.6 is 0 Å². The van der Waals surface area contributed by atoms with Gasteiger partial charge in [-0.3, -0.25) is 0 Å². The Bertz CT molecular complexity index is 316. The highest BCUT2D eigenvalue weighted by Crippen LogP contribution is 2.25. The molecule has 1 heteroatoms. The lowest BCUT2D eigenvalue weighted by Crippen LogP contribution is -2.05. The minimum atomic E-state index is 1.08. The molecule has 0 spiro atoms. The molecule has 0 amide bonds. The lowest BCUT2D eigenvalue weighted by molar-refractivity contribution is 0.862. The van der Waals surface area contributed by atoms with E-state index < -0.39 is 0 Å². The molecule has 1 aromatic rings. The van der Waals surface area contributed by atoms with Crippen molar-refractivity contribution in [3.8, 4) is 0 Å². The fraction of sp³-hybridized carbons (Fsp3) is 0.385. The Morgan fingerprint density at radius 3 is 2.64 bits per heavy atom. The summed E-state index contributed by atoms with van der Waals surface area (Å²) >= 11 is 0. The van der Waals surface area contributed by atoms with Crippen molar-refractivity contribution in [2.75, 3.05) is 13.1 Å². The summed E-state index contributed by atoms with van der Waals surface area (Å²) in [6.45, 7) is 4.47. The fourth-order valence-corrected chi connectivity index (χ4v) is 2.12. The molecule has 0 aromatic heterocycles. The van der Waals surface area contributed by atoms with Crippen LogP contribution < -0.4 is 5.32 Å². The average Bonchev–Trinajstić information content (AvgIpc) is 2.74. The zero-order chi connectivity index (χ0) is 9.80. The normalized spacial score (nSPS) is 19.8. The number of rotatable bonds is 2. The average molecular weight is 187 g/mol. The van der Waals surface area contributed by atoms with Gasteiger partial charge >= 0.3 is 0 Å². The largest absolute Gasteiger partial charge is 0.313 e. The standard InChI is InChI=1S/C13H17N/c1-2-13(12-8-9-14-10-12)11-6-4-3-5-7-11/h3-7,14H,2,8-10H2,1H3/b13-12+. The SMILES string of the molecule is CC/C(=C1/CCNC1)c1ccccc1. The quantitative estimate of drug-likeness (QED) is 0.750. The molecule has 1 aromatic carbocycles. The maximum atomic E-state index is 3.40. The van der Waals surface area contributed by atoms with Crippen LogP contribution in [-0.2, 0) is 0 Å². The lowest BCUT2D eigenvalue weighted by Gasteiger charge is -2.08. The summed E-state index contributed by atoms with van der Waals surface area (Å²) in [6, 6.07) is 10.7. The molecule has 1 nitrogen and oxygen atoms in total. The van der Waals surface area contributed by atoms with Crippen molar-refractivity contribution >= 4 is 5.57 Å². The maximum absolute atomic E-state index is 3.40. The lowest BCUT2D eigenvalue weighted by atomic mass is 9.97. The van der Waals surface area contributed by atoms with E-state index in [2.05, 4.69) is 42.6 Å². The van der Waals surface area contributed by atoms with Crippen molar-refractivity contribution < 1.29 is 0 Å². The Hall–Kier alpha value is -1.08. The molecule has 14 heavy (non-hydrogen) atoms. The van der Waals surface area contributed by atoms with Crippen LogP contribution in [0.2, 0.25) is 0 Å². The molecule has 74 valence electrons. The molecule has 1 aliphatic heterocycles. The first-order valence-corrected chi connectivity index (χ1v) is 5.39. The van der Waals surface area contributed by atoms with E-state index in [1.807, 2.05) is 0 Å². The smallest absolute Gasteiger partial charge is 0.0171 e. The molecular formula is C13H17N. The van der Waals surface area contributed by atoms with Crippen LogP contribution in [0.4, 0.5) is 0 Å². The first-order valence-electron chi connectivity index (χ1n) is 5.39. The zero-order valence-electron chi connectivity index (χ0n) is 8.72. The van der Waals surface area contributed by atoms with Crippen LogP contribution in [0.25, 0.3) is 5.57 Å². The van der Waals surface area contributed by atoms with Crippen molar-refractivity contribution in [1.29, 1.82) is 0 Å². The molecular weight excluding hydrogens is 170 g/mol. The fourth-order valence-electron chi connectivity index (χ4n) is 2.12. The molecule has 0 saturated carbocycles. The van der Waals surface area contributed by atoms with Gasteiger partial charge in [0.2, 0.25) is 0 Å². The van der Waals surface area contributed by atoms with E-state index in [0.717, 1.165) is 19.5 Å². The van der Waals surface area contributed by atoms with E-state index in [1.165, 1.54) is 17.6 Å². The van der Waals surface area contributed by atoms with Crippen LogP contribution in [0.3, 0.4) is 0 Å². The predicted molar refractivity (Wildman–Crippen MR) is 61.1 cm³/mol. The molecule has 0 atom stereocenters.